The van der Waals surface area contributed by atoms with Crippen molar-refractivity contribution < 1.29 is 4.79 Å². The van der Waals surface area contributed by atoms with Gasteiger partial charge < -0.3 is 11.1 Å². The summed E-state index contributed by atoms with van der Waals surface area (Å²) in [5, 5.41) is 2.95. The molecule has 3 nitrogen and oxygen atoms in total. The van der Waals surface area contributed by atoms with Gasteiger partial charge in [0.25, 0.3) is 0 Å². The molecule has 0 aromatic rings. The van der Waals surface area contributed by atoms with Crippen LogP contribution in [-0.2, 0) is 4.79 Å². The molecule has 0 aliphatic rings. The molecule has 0 aromatic carbocycles. The molecule has 0 fully saturated rings. The summed E-state index contributed by atoms with van der Waals surface area (Å²) in [6, 6.07) is 0. The van der Waals surface area contributed by atoms with Crippen LogP contribution in [0.1, 0.15) is 20.3 Å². The summed E-state index contributed by atoms with van der Waals surface area (Å²) in [4.78, 5) is 10.4. The standard InChI is InChI=1S/C7H14N2O/c1-3-4-9-5-6(2)7(8)10/h5,9H,3-4H2,1-2H3,(H2,8,10). The van der Waals surface area contributed by atoms with Crippen molar-refractivity contribution in [1.29, 1.82) is 0 Å². The van der Waals surface area contributed by atoms with E-state index in [2.05, 4.69) is 12.2 Å². The zero-order valence-corrected chi connectivity index (χ0v) is 6.48. The van der Waals surface area contributed by atoms with E-state index in [0.717, 1.165) is 13.0 Å². The Balaban J connectivity index is 3.58. The minimum absolute atomic E-state index is 0.372. The zero-order chi connectivity index (χ0) is 7.98. The number of nitrogens with one attached hydrogen (secondary N) is 1. The fourth-order valence-electron chi connectivity index (χ4n) is 0.441. The van der Waals surface area contributed by atoms with Crippen LogP contribution in [0.25, 0.3) is 0 Å². The number of hydrogen-bond donors (Lipinski definition) is 2. The first-order chi connectivity index (χ1) is 4.68. The molecule has 0 aliphatic carbocycles. The Labute approximate surface area is 61.3 Å². The van der Waals surface area contributed by atoms with Crippen molar-refractivity contribution in [1.82, 2.24) is 5.32 Å². The van der Waals surface area contributed by atoms with Crippen molar-refractivity contribution >= 4 is 5.91 Å². The van der Waals surface area contributed by atoms with Crippen LogP contribution in [0.4, 0.5) is 0 Å². The first-order valence-electron chi connectivity index (χ1n) is 3.38. The van der Waals surface area contributed by atoms with Gasteiger partial charge in [-0.25, -0.2) is 0 Å². The fraction of sp³-hybridized carbons (Fsp3) is 0.571. The quantitative estimate of drug-likeness (QED) is 0.440. The highest BCUT2D eigenvalue weighted by atomic mass is 16.1. The Morgan fingerprint density at radius 3 is 2.70 bits per heavy atom. The molecule has 3 N–H and O–H groups in total. The molecule has 0 heterocycles. The first-order valence-corrected chi connectivity index (χ1v) is 3.38. The highest BCUT2D eigenvalue weighted by Gasteiger charge is 1.93. The Hall–Kier alpha value is -0.990. The maximum atomic E-state index is 10.4. The molecule has 0 rings (SSSR count). The molecule has 0 spiro atoms. The van der Waals surface area contributed by atoms with E-state index in [1.165, 1.54) is 0 Å². The monoisotopic (exact) mass is 142 g/mol. The SMILES string of the molecule is CCCNC=C(C)C(N)=O. The summed E-state index contributed by atoms with van der Waals surface area (Å²) >= 11 is 0. The number of carbonyl (C=O) groups is 1. The Kier molecular flexibility index (Phi) is 4.37. The van der Waals surface area contributed by atoms with E-state index in [9.17, 15) is 4.79 Å². The Morgan fingerprint density at radius 1 is 1.70 bits per heavy atom. The van der Waals surface area contributed by atoms with Gasteiger partial charge in [-0.1, -0.05) is 6.92 Å². The summed E-state index contributed by atoms with van der Waals surface area (Å²) in [5.74, 6) is -0.372. The van der Waals surface area contributed by atoms with Gasteiger partial charge in [0.15, 0.2) is 0 Å². The normalized spacial score (nSPS) is 11.2. The minimum Gasteiger partial charge on any atom is -0.391 e. The lowest BCUT2D eigenvalue weighted by Gasteiger charge is -1.97. The van der Waals surface area contributed by atoms with Gasteiger partial charge in [0.2, 0.25) is 5.91 Å². The molecule has 3 heteroatoms. The Bertz CT molecular complexity index is 141. The number of primary amides is 1. The van der Waals surface area contributed by atoms with Crippen LogP contribution in [-0.4, -0.2) is 12.5 Å². The van der Waals surface area contributed by atoms with Crippen LogP contribution in [0.3, 0.4) is 0 Å². The topological polar surface area (TPSA) is 55.1 Å². The molecule has 10 heavy (non-hydrogen) atoms. The molecular weight excluding hydrogens is 128 g/mol. The van der Waals surface area contributed by atoms with Gasteiger partial charge in [-0.05, 0) is 13.3 Å². The summed E-state index contributed by atoms with van der Waals surface area (Å²) in [7, 11) is 0. The second kappa shape index (κ2) is 4.85. The van der Waals surface area contributed by atoms with Crippen molar-refractivity contribution in [2.24, 2.45) is 5.73 Å². The second-order valence-corrected chi connectivity index (χ2v) is 2.15. The number of hydrogen-bond acceptors (Lipinski definition) is 2. The molecule has 0 aliphatic heterocycles. The van der Waals surface area contributed by atoms with Gasteiger partial charge in [-0.15, -0.1) is 0 Å². The summed E-state index contributed by atoms with van der Waals surface area (Å²) < 4.78 is 0. The van der Waals surface area contributed by atoms with Crippen LogP contribution in [0.15, 0.2) is 11.8 Å². The van der Waals surface area contributed by atoms with Crippen molar-refractivity contribution in [3.05, 3.63) is 11.8 Å². The van der Waals surface area contributed by atoms with Crippen molar-refractivity contribution in [2.45, 2.75) is 20.3 Å². The van der Waals surface area contributed by atoms with Crippen LogP contribution >= 0.6 is 0 Å². The predicted octanol–water partition coefficient (Wildman–Crippen LogP) is 0.375. The third-order valence-corrected chi connectivity index (χ3v) is 1.10. The molecular formula is C7H14N2O. The summed E-state index contributed by atoms with van der Waals surface area (Å²) in [6.07, 6.45) is 2.69. The molecule has 0 aromatic heterocycles. The van der Waals surface area contributed by atoms with Gasteiger partial charge in [0.1, 0.15) is 0 Å². The molecule has 0 unspecified atom stereocenters. The van der Waals surface area contributed by atoms with Gasteiger partial charge >= 0.3 is 0 Å². The van der Waals surface area contributed by atoms with Gasteiger partial charge in [0, 0.05) is 18.3 Å². The van der Waals surface area contributed by atoms with Crippen LogP contribution < -0.4 is 11.1 Å². The Morgan fingerprint density at radius 2 is 2.30 bits per heavy atom. The lowest BCUT2D eigenvalue weighted by molar-refractivity contribution is -0.114. The average molecular weight is 142 g/mol. The average Bonchev–Trinajstić information content (AvgIpc) is 1.88. The zero-order valence-electron chi connectivity index (χ0n) is 6.48. The molecule has 0 radical (unpaired) electrons. The van der Waals surface area contributed by atoms with Crippen molar-refractivity contribution in [3.8, 4) is 0 Å². The largest absolute Gasteiger partial charge is 0.391 e. The van der Waals surface area contributed by atoms with Crippen LogP contribution in [0.5, 0.6) is 0 Å². The predicted molar refractivity (Wildman–Crippen MR) is 41.2 cm³/mol. The number of nitrogens with two attached hydrogens (primary N) is 1. The molecule has 0 saturated carbocycles. The van der Waals surface area contributed by atoms with E-state index in [1.54, 1.807) is 13.1 Å². The fourth-order valence-corrected chi connectivity index (χ4v) is 0.441. The van der Waals surface area contributed by atoms with Crippen molar-refractivity contribution in [2.75, 3.05) is 6.54 Å². The van der Waals surface area contributed by atoms with E-state index in [4.69, 9.17) is 5.73 Å². The maximum Gasteiger partial charge on any atom is 0.245 e. The highest BCUT2D eigenvalue weighted by molar-refractivity contribution is 5.91. The van der Waals surface area contributed by atoms with E-state index in [1.807, 2.05) is 0 Å². The van der Waals surface area contributed by atoms with E-state index in [0.29, 0.717) is 5.57 Å². The molecule has 0 bridgehead atoms. The van der Waals surface area contributed by atoms with Gasteiger partial charge in [0.05, 0.1) is 0 Å². The second-order valence-electron chi connectivity index (χ2n) is 2.15. The molecule has 0 atom stereocenters. The lowest BCUT2D eigenvalue weighted by atomic mass is 10.3. The van der Waals surface area contributed by atoms with Gasteiger partial charge in [-0.3, -0.25) is 4.79 Å². The number of rotatable bonds is 4. The first kappa shape index (κ1) is 9.01. The van der Waals surface area contributed by atoms with E-state index < -0.39 is 0 Å². The van der Waals surface area contributed by atoms with Crippen molar-refractivity contribution in [3.63, 3.8) is 0 Å². The third-order valence-electron chi connectivity index (χ3n) is 1.10. The third kappa shape index (κ3) is 3.95. The minimum atomic E-state index is -0.372. The number of amides is 1. The molecule has 58 valence electrons. The van der Waals surface area contributed by atoms with Crippen LogP contribution in [0, 0.1) is 0 Å². The highest BCUT2D eigenvalue weighted by Crippen LogP contribution is 1.85. The number of carbonyl (C=O) groups excluding carboxylic acids is 1. The lowest BCUT2D eigenvalue weighted by Crippen LogP contribution is -2.15. The smallest absolute Gasteiger partial charge is 0.245 e. The molecule has 0 saturated heterocycles. The van der Waals surface area contributed by atoms with E-state index >= 15 is 0 Å². The van der Waals surface area contributed by atoms with Crippen LogP contribution in [0.2, 0.25) is 0 Å². The molecule has 1 amide bonds. The summed E-state index contributed by atoms with van der Waals surface area (Å²) in [5.41, 5.74) is 5.53. The van der Waals surface area contributed by atoms with Gasteiger partial charge in [-0.2, -0.15) is 0 Å². The summed E-state index contributed by atoms with van der Waals surface area (Å²) in [6.45, 7) is 4.62. The maximum absolute atomic E-state index is 10.4. The van der Waals surface area contributed by atoms with E-state index in [-0.39, 0.29) is 5.91 Å².